The minimum absolute atomic E-state index is 0.0663. The van der Waals surface area contributed by atoms with Crippen molar-refractivity contribution in [2.75, 3.05) is 12.4 Å². The predicted octanol–water partition coefficient (Wildman–Crippen LogP) is 4.07. The van der Waals surface area contributed by atoms with Gasteiger partial charge in [0.05, 0.1) is 13.7 Å². The van der Waals surface area contributed by atoms with E-state index in [0.29, 0.717) is 24.7 Å². The highest BCUT2D eigenvalue weighted by atomic mass is 32.1. The number of methoxy groups -OCH3 is 1. The van der Waals surface area contributed by atoms with Gasteiger partial charge >= 0.3 is 0 Å². The number of benzene rings is 1. The van der Waals surface area contributed by atoms with Crippen molar-refractivity contribution in [2.24, 2.45) is 0 Å². The first-order valence-electron chi connectivity index (χ1n) is 8.12. The quantitative estimate of drug-likeness (QED) is 0.691. The Morgan fingerprint density at radius 1 is 1.28 bits per heavy atom. The zero-order chi connectivity index (χ0) is 17.6. The summed E-state index contributed by atoms with van der Waals surface area (Å²) in [6.07, 6.45) is 1.19. The minimum atomic E-state index is -0.0663. The van der Waals surface area contributed by atoms with Crippen LogP contribution in [0.5, 0.6) is 5.75 Å². The molecular weight excluding hydrogens is 336 g/mol. The fraction of sp³-hybridized carbons (Fsp3) is 0.278. The Labute approximate surface area is 150 Å². The molecule has 0 bridgehead atoms. The summed E-state index contributed by atoms with van der Waals surface area (Å²) in [5, 5.41) is 9.65. The Hall–Kier alpha value is -2.67. The topological polar surface area (TPSA) is 69.0 Å². The van der Waals surface area contributed by atoms with Gasteiger partial charge in [-0.2, -0.15) is 9.67 Å². The average Bonchev–Trinajstić information content (AvgIpc) is 3.30. The van der Waals surface area contributed by atoms with Gasteiger partial charge in [0, 0.05) is 16.9 Å². The summed E-state index contributed by atoms with van der Waals surface area (Å²) in [6, 6.07) is 11.5. The van der Waals surface area contributed by atoms with E-state index < -0.39 is 0 Å². The maximum atomic E-state index is 12.4. The molecular formula is C18H20N4O2S. The second kappa shape index (κ2) is 7.94. The third kappa shape index (κ3) is 4.06. The van der Waals surface area contributed by atoms with E-state index in [4.69, 9.17) is 4.74 Å². The van der Waals surface area contributed by atoms with Crippen LogP contribution in [0.4, 0.5) is 5.95 Å². The zero-order valence-electron chi connectivity index (χ0n) is 14.2. The Bertz CT molecular complexity index is 825. The number of thiophene rings is 1. The third-order valence-electron chi connectivity index (χ3n) is 3.66. The summed E-state index contributed by atoms with van der Waals surface area (Å²) >= 11 is 1.66. The highest BCUT2D eigenvalue weighted by Gasteiger charge is 2.16. The molecule has 130 valence electrons. The molecule has 0 aliphatic heterocycles. The molecule has 1 N–H and O–H groups in total. The van der Waals surface area contributed by atoms with Crippen LogP contribution in [0.2, 0.25) is 0 Å². The van der Waals surface area contributed by atoms with Crippen molar-refractivity contribution >= 4 is 23.2 Å². The molecule has 0 saturated heterocycles. The molecule has 0 spiro atoms. The molecule has 1 aromatic carbocycles. The standard InChI is InChI=1S/C18H20N4O2S/c1-3-5-16(23)22-18(19-12-15-6-4-11-25-15)20-17(21-22)13-7-9-14(24-2)10-8-13/h4,6-11H,3,5,12H2,1-2H3,(H,19,20,21). The fourth-order valence-electron chi connectivity index (χ4n) is 2.36. The Kier molecular flexibility index (Phi) is 5.45. The van der Waals surface area contributed by atoms with Crippen LogP contribution >= 0.6 is 11.3 Å². The van der Waals surface area contributed by atoms with Crippen molar-refractivity contribution in [1.29, 1.82) is 0 Å². The van der Waals surface area contributed by atoms with E-state index >= 15 is 0 Å². The molecule has 7 heteroatoms. The molecule has 25 heavy (non-hydrogen) atoms. The lowest BCUT2D eigenvalue weighted by Crippen LogP contribution is -2.16. The van der Waals surface area contributed by atoms with E-state index in [-0.39, 0.29) is 5.91 Å². The summed E-state index contributed by atoms with van der Waals surface area (Å²) in [6.45, 7) is 2.58. The summed E-state index contributed by atoms with van der Waals surface area (Å²) in [5.74, 6) is 1.68. The molecule has 0 atom stereocenters. The van der Waals surface area contributed by atoms with Gasteiger partial charge in [-0.25, -0.2) is 0 Å². The number of hydrogen-bond acceptors (Lipinski definition) is 6. The van der Waals surface area contributed by atoms with Gasteiger partial charge in [-0.1, -0.05) is 13.0 Å². The molecule has 0 amide bonds. The predicted molar refractivity (Wildman–Crippen MR) is 99.2 cm³/mol. The molecule has 2 heterocycles. The van der Waals surface area contributed by atoms with E-state index in [0.717, 1.165) is 17.7 Å². The van der Waals surface area contributed by atoms with E-state index in [1.54, 1.807) is 18.4 Å². The van der Waals surface area contributed by atoms with Crippen molar-refractivity contribution in [3.05, 3.63) is 46.7 Å². The lowest BCUT2D eigenvalue weighted by atomic mass is 10.2. The summed E-state index contributed by atoms with van der Waals surface area (Å²) in [5.41, 5.74) is 0.836. The Morgan fingerprint density at radius 2 is 2.08 bits per heavy atom. The van der Waals surface area contributed by atoms with E-state index in [9.17, 15) is 4.79 Å². The molecule has 0 unspecified atom stereocenters. The van der Waals surface area contributed by atoms with Crippen molar-refractivity contribution < 1.29 is 9.53 Å². The maximum absolute atomic E-state index is 12.4. The first-order valence-corrected chi connectivity index (χ1v) is 9.00. The molecule has 2 aromatic heterocycles. The van der Waals surface area contributed by atoms with E-state index in [2.05, 4.69) is 15.4 Å². The van der Waals surface area contributed by atoms with Gasteiger partial charge in [-0.3, -0.25) is 4.79 Å². The smallest absolute Gasteiger partial charge is 0.250 e. The molecule has 3 aromatic rings. The Morgan fingerprint density at radius 3 is 2.72 bits per heavy atom. The highest BCUT2D eigenvalue weighted by Crippen LogP contribution is 2.22. The van der Waals surface area contributed by atoms with Crippen LogP contribution in [0.3, 0.4) is 0 Å². The number of rotatable bonds is 7. The van der Waals surface area contributed by atoms with E-state index in [1.807, 2.05) is 48.7 Å². The number of carbonyl (C=O) groups excluding carboxylic acids is 1. The molecule has 0 aliphatic rings. The molecule has 0 radical (unpaired) electrons. The fourth-order valence-corrected chi connectivity index (χ4v) is 3.01. The zero-order valence-corrected chi connectivity index (χ0v) is 15.0. The highest BCUT2D eigenvalue weighted by molar-refractivity contribution is 7.09. The molecule has 3 rings (SSSR count). The molecule has 0 aliphatic carbocycles. The van der Waals surface area contributed by atoms with Crippen LogP contribution in [-0.2, 0) is 6.54 Å². The molecule has 0 saturated carbocycles. The Balaban J connectivity index is 1.88. The second-order valence-electron chi connectivity index (χ2n) is 5.48. The van der Waals surface area contributed by atoms with Gasteiger partial charge in [0.25, 0.3) is 0 Å². The van der Waals surface area contributed by atoms with Crippen molar-refractivity contribution in [3.63, 3.8) is 0 Å². The van der Waals surface area contributed by atoms with Gasteiger partial charge in [0.1, 0.15) is 5.75 Å². The number of anilines is 1. The number of aromatic nitrogens is 3. The SMILES string of the molecule is CCCC(=O)n1nc(-c2ccc(OC)cc2)nc1NCc1cccs1. The van der Waals surface area contributed by atoms with Crippen LogP contribution in [-0.4, -0.2) is 27.8 Å². The van der Waals surface area contributed by atoms with Crippen LogP contribution < -0.4 is 10.1 Å². The first-order chi connectivity index (χ1) is 12.2. The van der Waals surface area contributed by atoms with Crippen LogP contribution in [0.1, 0.15) is 29.4 Å². The van der Waals surface area contributed by atoms with Gasteiger partial charge in [-0.05, 0) is 42.1 Å². The lowest BCUT2D eigenvalue weighted by molar-refractivity contribution is 0.0888. The van der Waals surface area contributed by atoms with Crippen LogP contribution in [0.25, 0.3) is 11.4 Å². The number of nitrogens with one attached hydrogen (secondary N) is 1. The number of carbonyl (C=O) groups is 1. The first kappa shape index (κ1) is 17.2. The van der Waals surface area contributed by atoms with Gasteiger partial charge in [0.2, 0.25) is 11.9 Å². The number of nitrogens with zero attached hydrogens (tertiary/aromatic N) is 3. The van der Waals surface area contributed by atoms with E-state index in [1.165, 1.54) is 9.56 Å². The largest absolute Gasteiger partial charge is 0.497 e. The monoisotopic (exact) mass is 356 g/mol. The summed E-state index contributed by atoms with van der Waals surface area (Å²) in [4.78, 5) is 18.1. The second-order valence-corrected chi connectivity index (χ2v) is 6.51. The van der Waals surface area contributed by atoms with Gasteiger partial charge in [0.15, 0.2) is 5.82 Å². The summed E-state index contributed by atoms with van der Waals surface area (Å²) < 4.78 is 6.54. The van der Waals surface area contributed by atoms with Gasteiger partial charge in [-0.15, -0.1) is 16.4 Å². The lowest BCUT2D eigenvalue weighted by Gasteiger charge is -2.05. The third-order valence-corrected chi connectivity index (χ3v) is 4.53. The number of ether oxygens (including phenoxy) is 1. The minimum Gasteiger partial charge on any atom is -0.497 e. The molecule has 6 nitrogen and oxygen atoms in total. The van der Waals surface area contributed by atoms with Gasteiger partial charge < -0.3 is 10.1 Å². The number of hydrogen-bond donors (Lipinski definition) is 1. The normalized spacial score (nSPS) is 10.6. The van der Waals surface area contributed by atoms with Crippen molar-refractivity contribution in [3.8, 4) is 17.1 Å². The van der Waals surface area contributed by atoms with Crippen molar-refractivity contribution in [1.82, 2.24) is 14.8 Å². The average molecular weight is 356 g/mol. The molecule has 0 fully saturated rings. The van der Waals surface area contributed by atoms with Crippen LogP contribution in [0.15, 0.2) is 41.8 Å². The van der Waals surface area contributed by atoms with Crippen LogP contribution in [0, 0.1) is 0 Å². The summed E-state index contributed by atoms with van der Waals surface area (Å²) in [7, 11) is 1.62. The van der Waals surface area contributed by atoms with Crippen molar-refractivity contribution in [2.45, 2.75) is 26.3 Å². The maximum Gasteiger partial charge on any atom is 0.250 e.